The molecule has 21 heavy (non-hydrogen) atoms. The van der Waals surface area contributed by atoms with E-state index in [1.807, 2.05) is 24.7 Å². The van der Waals surface area contributed by atoms with E-state index in [-0.39, 0.29) is 6.04 Å². The first kappa shape index (κ1) is 15.4. The molecular formula is C17H25N3O. The SMILES string of the molecule is CCOc1ccc(NC(C)c2c(C)nn(C)c2C)c(C)c1. The zero-order valence-electron chi connectivity index (χ0n) is 13.8. The van der Waals surface area contributed by atoms with Gasteiger partial charge in [0, 0.05) is 24.0 Å². The van der Waals surface area contributed by atoms with Crippen LogP contribution in [0, 0.1) is 20.8 Å². The summed E-state index contributed by atoms with van der Waals surface area (Å²) in [6.45, 7) is 11.1. The molecule has 1 aromatic heterocycles. The van der Waals surface area contributed by atoms with Crippen LogP contribution in [0.1, 0.15) is 42.4 Å². The van der Waals surface area contributed by atoms with E-state index >= 15 is 0 Å². The highest BCUT2D eigenvalue weighted by molar-refractivity contribution is 5.55. The number of hydrogen-bond acceptors (Lipinski definition) is 3. The van der Waals surface area contributed by atoms with E-state index < -0.39 is 0 Å². The van der Waals surface area contributed by atoms with Gasteiger partial charge in [0.1, 0.15) is 5.75 Å². The van der Waals surface area contributed by atoms with Crippen LogP contribution in [-0.2, 0) is 7.05 Å². The van der Waals surface area contributed by atoms with Gasteiger partial charge in [0.05, 0.1) is 18.3 Å². The van der Waals surface area contributed by atoms with Crippen LogP contribution in [-0.4, -0.2) is 16.4 Å². The van der Waals surface area contributed by atoms with E-state index in [1.165, 1.54) is 16.8 Å². The van der Waals surface area contributed by atoms with Crippen LogP contribution in [0.15, 0.2) is 18.2 Å². The minimum Gasteiger partial charge on any atom is -0.494 e. The Morgan fingerprint density at radius 3 is 2.52 bits per heavy atom. The average Bonchev–Trinajstić information content (AvgIpc) is 2.67. The molecule has 4 nitrogen and oxygen atoms in total. The first-order valence-electron chi connectivity index (χ1n) is 7.44. The smallest absolute Gasteiger partial charge is 0.119 e. The number of aryl methyl sites for hydroxylation is 3. The summed E-state index contributed by atoms with van der Waals surface area (Å²) in [5, 5.41) is 8.07. The number of rotatable bonds is 5. The Hall–Kier alpha value is -1.97. The quantitative estimate of drug-likeness (QED) is 0.906. The number of aromatic nitrogens is 2. The van der Waals surface area contributed by atoms with Crippen LogP contribution >= 0.6 is 0 Å². The minimum atomic E-state index is 0.218. The van der Waals surface area contributed by atoms with Gasteiger partial charge in [0.25, 0.3) is 0 Å². The molecule has 2 aromatic rings. The summed E-state index contributed by atoms with van der Waals surface area (Å²) >= 11 is 0. The van der Waals surface area contributed by atoms with Crippen molar-refractivity contribution in [2.75, 3.05) is 11.9 Å². The van der Waals surface area contributed by atoms with Crippen LogP contribution in [0.2, 0.25) is 0 Å². The van der Waals surface area contributed by atoms with Crippen molar-refractivity contribution in [2.45, 2.75) is 40.7 Å². The third-order valence-electron chi connectivity index (χ3n) is 3.88. The Kier molecular flexibility index (Phi) is 4.56. The third-order valence-corrected chi connectivity index (χ3v) is 3.88. The predicted octanol–water partition coefficient (Wildman–Crippen LogP) is 3.92. The molecule has 4 heteroatoms. The Balaban J connectivity index is 2.21. The number of anilines is 1. The molecule has 1 atom stereocenters. The zero-order valence-corrected chi connectivity index (χ0v) is 13.8. The fraction of sp³-hybridized carbons (Fsp3) is 0.471. The molecule has 1 unspecified atom stereocenters. The second-order valence-corrected chi connectivity index (χ2v) is 5.48. The van der Waals surface area contributed by atoms with Crippen LogP contribution in [0.25, 0.3) is 0 Å². The molecule has 1 heterocycles. The van der Waals surface area contributed by atoms with E-state index in [1.54, 1.807) is 0 Å². The highest BCUT2D eigenvalue weighted by Gasteiger charge is 2.16. The average molecular weight is 287 g/mol. The molecule has 0 bridgehead atoms. The van der Waals surface area contributed by atoms with E-state index in [9.17, 15) is 0 Å². The normalized spacial score (nSPS) is 12.3. The molecule has 1 aromatic carbocycles. The van der Waals surface area contributed by atoms with Gasteiger partial charge >= 0.3 is 0 Å². The van der Waals surface area contributed by atoms with Crippen molar-refractivity contribution in [3.05, 3.63) is 40.7 Å². The second kappa shape index (κ2) is 6.20. The first-order valence-corrected chi connectivity index (χ1v) is 7.44. The second-order valence-electron chi connectivity index (χ2n) is 5.48. The highest BCUT2D eigenvalue weighted by Crippen LogP contribution is 2.28. The molecule has 114 valence electrons. The molecule has 0 saturated heterocycles. The van der Waals surface area contributed by atoms with E-state index in [2.05, 4.69) is 50.2 Å². The molecule has 0 amide bonds. The Labute approximate surface area is 127 Å². The summed E-state index contributed by atoms with van der Waals surface area (Å²) in [5.41, 5.74) is 5.88. The lowest BCUT2D eigenvalue weighted by molar-refractivity contribution is 0.340. The summed E-state index contributed by atoms with van der Waals surface area (Å²) in [6, 6.07) is 6.38. The summed E-state index contributed by atoms with van der Waals surface area (Å²) < 4.78 is 7.47. The lowest BCUT2D eigenvalue weighted by atomic mass is 10.1. The Bertz CT molecular complexity index is 631. The predicted molar refractivity (Wildman–Crippen MR) is 87.1 cm³/mol. The number of nitrogens with one attached hydrogen (secondary N) is 1. The van der Waals surface area contributed by atoms with E-state index in [0.717, 1.165) is 17.1 Å². The largest absolute Gasteiger partial charge is 0.494 e. The zero-order chi connectivity index (χ0) is 15.6. The van der Waals surface area contributed by atoms with Crippen LogP contribution in [0.5, 0.6) is 5.75 Å². The van der Waals surface area contributed by atoms with Gasteiger partial charge in [-0.1, -0.05) is 0 Å². The molecule has 2 rings (SSSR count). The van der Waals surface area contributed by atoms with Gasteiger partial charge in [-0.05, 0) is 58.4 Å². The Morgan fingerprint density at radius 2 is 2.00 bits per heavy atom. The van der Waals surface area contributed by atoms with Gasteiger partial charge in [0.2, 0.25) is 0 Å². The van der Waals surface area contributed by atoms with Gasteiger partial charge in [-0.3, -0.25) is 4.68 Å². The van der Waals surface area contributed by atoms with Crippen molar-refractivity contribution < 1.29 is 4.74 Å². The lowest BCUT2D eigenvalue weighted by Crippen LogP contribution is -2.10. The molecule has 0 aliphatic carbocycles. The van der Waals surface area contributed by atoms with Crippen molar-refractivity contribution in [3.63, 3.8) is 0 Å². The van der Waals surface area contributed by atoms with Gasteiger partial charge in [-0.2, -0.15) is 5.10 Å². The number of hydrogen-bond donors (Lipinski definition) is 1. The summed E-state index contributed by atoms with van der Waals surface area (Å²) in [6.07, 6.45) is 0. The molecule has 0 saturated carbocycles. The van der Waals surface area contributed by atoms with E-state index in [4.69, 9.17) is 4.74 Å². The molecule has 0 spiro atoms. The number of nitrogens with zero attached hydrogens (tertiary/aromatic N) is 2. The fourth-order valence-corrected chi connectivity index (χ4v) is 2.78. The van der Waals surface area contributed by atoms with E-state index in [0.29, 0.717) is 6.61 Å². The maximum Gasteiger partial charge on any atom is 0.119 e. The lowest BCUT2D eigenvalue weighted by Gasteiger charge is -2.18. The molecule has 0 aliphatic rings. The fourth-order valence-electron chi connectivity index (χ4n) is 2.78. The first-order chi connectivity index (χ1) is 9.93. The minimum absolute atomic E-state index is 0.218. The monoisotopic (exact) mass is 287 g/mol. The summed E-state index contributed by atoms with van der Waals surface area (Å²) in [4.78, 5) is 0. The molecular weight excluding hydrogens is 262 g/mol. The van der Waals surface area contributed by atoms with Gasteiger partial charge < -0.3 is 10.1 Å². The standard InChI is InChI=1S/C17H25N3O/c1-7-21-15-8-9-16(11(2)10-15)18-12(3)17-13(4)19-20(6)14(17)5/h8-10,12,18H,7H2,1-6H3. The van der Waals surface area contributed by atoms with Crippen LogP contribution in [0.3, 0.4) is 0 Å². The van der Waals surface area contributed by atoms with Crippen molar-refractivity contribution in [3.8, 4) is 5.75 Å². The highest BCUT2D eigenvalue weighted by atomic mass is 16.5. The van der Waals surface area contributed by atoms with Crippen molar-refractivity contribution in [1.29, 1.82) is 0 Å². The van der Waals surface area contributed by atoms with Crippen molar-refractivity contribution in [1.82, 2.24) is 9.78 Å². The third kappa shape index (κ3) is 3.20. The van der Waals surface area contributed by atoms with Crippen LogP contribution in [0.4, 0.5) is 5.69 Å². The van der Waals surface area contributed by atoms with Gasteiger partial charge in [-0.15, -0.1) is 0 Å². The van der Waals surface area contributed by atoms with Crippen LogP contribution < -0.4 is 10.1 Å². The van der Waals surface area contributed by atoms with Crippen molar-refractivity contribution >= 4 is 5.69 Å². The van der Waals surface area contributed by atoms with Gasteiger partial charge in [0.15, 0.2) is 0 Å². The maximum absolute atomic E-state index is 5.53. The molecule has 0 aliphatic heterocycles. The van der Waals surface area contributed by atoms with Gasteiger partial charge in [-0.25, -0.2) is 0 Å². The molecule has 0 radical (unpaired) electrons. The summed E-state index contributed by atoms with van der Waals surface area (Å²) in [5.74, 6) is 0.918. The maximum atomic E-state index is 5.53. The summed E-state index contributed by atoms with van der Waals surface area (Å²) in [7, 11) is 1.99. The van der Waals surface area contributed by atoms with Crippen molar-refractivity contribution in [2.24, 2.45) is 7.05 Å². The topological polar surface area (TPSA) is 39.1 Å². The number of benzene rings is 1. The number of ether oxygens (including phenoxy) is 1. The molecule has 0 fully saturated rings. The Morgan fingerprint density at radius 1 is 1.29 bits per heavy atom. The molecule has 1 N–H and O–H groups in total.